The minimum atomic E-state index is -2.13. The lowest BCUT2D eigenvalue weighted by atomic mass is 9.95. The summed E-state index contributed by atoms with van der Waals surface area (Å²) in [7, 11) is 0. The van der Waals surface area contributed by atoms with E-state index in [2.05, 4.69) is 6.58 Å². The van der Waals surface area contributed by atoms with Crippen molar-refractivity contribution in [3.8, 4) is 0 Å². The van der Waals surface area contributed by atoms with Crippen molar-refractivity contribution in [1.82, 2.24) is 0 Å². The summed E-state index contributed by atoms with van der Waals surface area (Å²) < 4.78 is 56.8. The zero-order chi connectivity index (χ0) is 45.6. The fraction of sp³-hybridized carbons (Fsp3) is 0.944. The van der Waals surface area contributed by atoms with Crippen LogP contribution in [0.4, 0.5) is 0 Å². The van der Waals surface area contributed by atoms with Gasteiger partial charge in [0.1, 0.15) is 122 Å². The van der Waals surface area contributed by atoms with E-state index in [1.807, 2.05) is 0 Å². The van der Waals surface area contributed by atoms with Gasteiger partial charge in [-0.25, -0.2) is 0 Å². The zero-order valence-electron chi connectivity index (χ0n) is 33.3. The molecule has 0 spiro atoms. The molecule has 0 radical (unpaired) electrons. The monoisotopic (exact) mass is 910 g/mol. The van der Waals surface area contributed by atoms with Crippen LogP contribution in [0.2, 0.25) is 0 Å². The van der Waals surface area contributed by atoms with E-state index in [1.165, 1.54) is 0 Å². The second-order valence-corrected chi connectivity index (χ2v) is 15.6. The number of hydrogen-bond donors (Lipinski definition) is 16. The number of aliphatic hydroxyl groups is 16. The highest BCUT2D eigenvalue weighted by Crippen LogP contribution is 2.36. The van der Waals surface area contributed by atoms with Crippen molar-refractivity contribution >= 4 is 0 Å². The van der Waals surface area contributed by atoms with Gasteiger partial charge in [-0.1, -0.05) is 6.08 Å². The lowest BCUT2D eigenvalue weighted by Gasteiger charge is -2.50. The molecule has 5 rings (SSSR count). The average Bonchev–Trinajstić information content (AvgIpc) is 3.26. The predicted octanol–water partition coefficient (Wildman–Crippen LogP) is -9.54. The van der Waals surface area contributed by atoms with E-state index < -0.39 is 187 Å². The summed E-state index contributed by atoms with van der Waals surface area (Å²) in [5.74, 6) is 0. The third kappa shape index (κ3) is 11.3. The molecule has 5 aliphatic rings. The molecule has 0 aliphatic carbocycles. The molecule has 0 aromatic heterocycles. The fourth-order valence-electron chi connectivity index (χ4n) is 7.69. The van der Waals surface area contributed by atoms with Crippen LogP contribution >= 0.6 is 0 Å². The Bertz CT molecular complexity index is 1340. The van der Waals surface area contributed by atoms with Gasteiger partial charge in [-0.15, -0.1) is 6.58 Å². The van der Waals surface area contributed by atoms with Gasteiger partial charge in [-0.05, 0) is 19.3 Å². The van der Waals surface area contributed by atoms with Gasteiger partial charge in [-0.2, -0.15) is 0 Å². The molecule has 362 valence electrons. The highest BCUT2D eigenvalue weighted by Gasteiger charge is 2.57. The topological polar surface area (TPSA) is 416 Å². The maximum atomic E-state index is 11.6. The molecular weight excluding hydrogens is 848 g/mol. The van der Waals surface area contributed by atoms with Crippen LogP contribution in [0.1, 0.15) is 19.3 Å². The molecule has 0 amide bonds. The molecule has 0 saturated carbocycles. The lowest BCUT2D eigenvalue weighted by Crippen LogP contribution is -2.68. The van der Waals surface area contributed by atoms with Crippen LogP contribution in [-0.2, 0) is 47.4 Å². The Morgan fingerprint density at radius 1 is 0.355 bits per heavy atom. The Hall–Kier alpha value is -1.30. The maximum Gasteiger partial charge on any atom is 0.187 e. The summed E-state index contributed by atoms with van der Waals surface area (Å²) in [6, 6.07) is 0. The van der Waals surface area contributed by atoms with E-state index in [4.69, 9.17) is 47.4 Å². The van der Waals surface area contributed by atoms with Gasteiger partial charge in [0.25, 0.3) is 0 Å². The van der Waals surface area contributed by atoms with E-state index in [1.54, 1.807) is 6.08 Å². The molecule has 16 N–H and O–H groups in total. The molecule has 5 saturated heterocycles. The molecule has 26 heteroatoms. The van der Waals surface area contributed by atoms with Crippen molar-refractivity contribution < 1.29 is 129 Å². The third-order valence-corrected chi connectivity index (χ3v) is 11.4. The van der Waals surface area contributed by atoms with Crippen molar-refractivity contribution in [1.29, 1.82) is 0 Å². The molecule has 0 bridgehead atoms. The van der Waals surface area contributed by atoms with Crippen molar-refractivity contribution in [3.05, 3.63) is 12.7 Å². The SMILES string of the molecule is C=CCCCCO[C@H]1OC(CO)[C@@H](O)[C@H](O[C@H]2OC(CO)[C@@H](O)[C@H](O[C@H]3OC(CO)[C@@H](O)[C@H](O)C3O[C@H]3OC(CO)[C@@H](O)[C@H](O)C3O[C@H]3OC(CO)[C@@H](O)[C@H](O)C3O)C2O)C1O. The van der Waals surface area contributed by atoms with Gasteiger partial charge in [0.15, 0.2) is 31.5 Å². The molecule has 5 heterocycles. The number of ether oxygens (including phenoxy) is 10. The first kappa shape index (κ1) is 51.7. The van der Waals surface area contributed by atoms with Crippen LogP contribution in [0.3, 0.4) is 0 Å². The normalized spacial score (nSPS) is 49.1. The Kier molecular flexibility index (Phi) is 19.5. The van der Waals surface area contributed by atoms with Gasteiger partial charge in [0, 0.05) is 6.61 Å². The Morgan fingerprint density at radius 2 is 0.694 bits per heavy atom. The summed E-state index contributed by atoms with van der Waals surface area (Å²) >= 11 is 0. The first-order valence-electron chi connectivity index (χ1n) is 20.2. The van der Waals surface area contributed by atoms with Crippen LogP contribution < -0.4 is 0 Å². The van der Waals surface area contributed by atoms with Crippen molar-refractivity contribution in [3.63, 3.8) is 0 Å². The van der Waals surface area contributed by atoms with Gasteiger partial charge in [-0.3, -0.25) is 0 Å². The molecular formula is C36H62O26. The van der Waals surface area contributed by atoms with E-state index in [9.17, 15) is 81.7 Å². The first-order valence-corrected chi connectivity index (χ1v) is 20.2. The number of unbranched alkanes of at least 4 members (excludes halogenated alkanes) is 2. The molecule has 0 aromatic carbocycles. The zero-order valence-corrected chi connectivity index (χ0v) is 33.3. The van der Waals surface area contributed by atoms with Crippen molar-refractivity contribution in [2.75, 3.05) is 39.6 Å². The van der Waals surface area contributed by atoms with Crippen molar-refractivity contribution in [2.45, 2.75) is 173 Å². The maximum absolute atomic E-state index is 11.6. The summed E-state index contributed by atoms with van der Waals surface area (Å²) in [6.45, 7) is -0.789. The molecule has 25 atom stereocenters. The quantitative estimate of drug-likeness (QED) is 0.0423. The molecule has 10 unspecified atom stereocenters. The molecule has 62 heavy (non-hydrogen) atoms. The summed E-state index contributed by atoms with van der Waals surface area (Å²) in [6.07, 6.45) is -43.0. The van der Waals surface area contributed by atoms with Crippen LogP contribution in [0.25, 0.3) is 0 Å². The van der Waals surface area contributed by atoms with Crippen LogP contribution in [-0.4, -0.2) is 275 Å². The first-order chi connectivity index (χ1) is 29.6. The predicted molar refractivity (Wildman–Crippen MR) is 194 cm³/mol. The minimum Gasteiger partial charge on any atom is -0.394 e. The third-order valence-electron chi connectivity index (χ3n) is 11.4. The average molecular weight is 911 g/mol. The lowest BCUT2D eigenvalue weighted by molar-refractivity contribution is -0.407. The van der Waals surface area contributed by atoms with Gasteiger partial charge >= 0.3 is 0 Å². The number of rotatable bonds is 19. The summed E-state index contributed by atoms with van der Waals surface area (Å²) in [5.41, 5.74) is 0. The standard InChI is InChI=1S/C36H62O26/c1-2-3-4-5-6-53-32-26(51)28(20(45)15(10-40)54-32)59-34-27(52)29(21(46)16(11-41)56-34)60-35-31(24(49)19(44)13(8-38)57-35)62-36-30(23(48)18(43)14(9-39)58-36)61-33-25(50)22(47)17(42)12(7-37)55-33/h2,12-52H,1,3-11H2/t12?,13?,14?,15?,16?,17-,18-,19-,20-,21-,22+,23+,24+,25?,26?,27?,28+,29+,30?,31?,32+,33-,34-,35-,36-/m1/s1. The summed E-state index contributed by atoms with van der Waals surface area (Å²) in [5, 5.41) is 170. The van der Waals surface area contributed by atoms with Crippen LogP contribution in [0.5, 0.6) is 0 Å². The van der Waals surface area contributed by atoms with E-state index in [-0.39, 0.29) is 6.61 Å². The largest absolute Gasteiger partial charge is 0.394 e. The number of hydrogen-bond acceptors (Lipinski definition) is 26. The Balaban J connectivity index is 1.40. The fourth-order valence-corrected chi connectivity index (χ4v) is 7.69. The highest BCUT2D eigenvalue weighted by atomic mass is 16.8. The Morgan fingerprint density at radius 3 is 1.15 bits per heavy atom. The molecule has 0 aromatic rings. The molecule has 26 nitrogen and oxygen atoms in total. The van der Waals surface area contributed by atoms with Gasteiger partial charge in [0.2, 0.25) is 0 Å². The highest BCUT2D eigenvalue weighted by molar-refractivity contribution is 4.99. The van der Waals surface area contributed by atoms with E-state index in [0.29, 0.717) is 19.3 Å². The van der Waals surface area contributed by atoms with Crippen molar-refractivity contribution in [2.24, 2.45) is 0 Å². The van der Waals surface area contributed by atoms with E-state index >= 15 is 0 Å². The van der Waals surface area contributed by atoms with E-state index in [0.717, 1.165) is 0 Å². The van der Waals surface area contributed by atoms with Crippen LogP contribution in [0, 0.1) is 0 Å². The second-order valence-electron chi connectivity index (χ2n) is 15.6. The smallest absolute Gasteiger partial charge is 0.187 e. The molecule has 5 aliphatic heterocycles. The second kappa shape index (κ2) is 23.4. The Labute approximate surface area is 354 Å². The minimum absolute atomic E-state index is 0.0838. The molecule has 5 fully saturated rings. The van der Waals surface area contributed by atoms with Gasteiger partial charge in [0.05, 0.1) is 33.0 Å². The number of allylic oxidation sites excluding steroid dienone is 1. The number of aliphatic hydroxyl groups excluding tert-OH is 16. The van der Waals surface area contributed by atoms with Crippen LogP contribution in [0.15, 0.2) is 12.7 Å². The van der Waals surface area contributed by atoms with Gasteiger partial charge < -0.3 is 129 Å². The summed E-state index contributed by atoms with van der Waals surface area (Å²) in [4.78, 5) is 0.